The molecule has 1 aliphatic heterocycles. The molecule has 0 radical (unpaired) electrons. The molecule has 0 aromatic heterocycles. The highest BCUT2D eigenvalue weighted by molar-refractivity contribution is 5.82. The Hall–Kier alpha value is -0.610. The molecule has 0 bridgehead atoms. The zero-order valence-electron chi connectivity index (χ0n) is 10.7. The van der Waals surface area contributed by atoms with Crippen LogP contribution in [0.3, 0.4) is 0 Å². The second-order valence-corrected chi connectivity index (χ2v) is 5.96. The summed E-state index contributed by atoms with van der Waals surface area (Å²) in [6.07, 6.45) is 5.78. The van der Waals surface area contributed by atoms with Crippen molar-refractivity contribution in [2.24, 2.45) is 5.41 Å². The van der Waals surface area contributed by atoms with E-state index in [-0.39, 0.29) is 11.3 Å². The second kappa shape index (κ2) is 4.94. The van der Waals surface area contributed by atoms with Crippen molar-refractivity contribution < 1.29 is 9.90 Å². The van der Waals surface area contributed by atoms with Crippen LogP contribution in [0.4, 0.5) is 0 Å². The third-order valence-electron chi connectivity index (χ3n) is 4.26. The van der Waals surface area contributed by atoms with Crippen molar-refractivity contribution in [2.45, 2.75) is 51.0 Å². The summed E-state index contributed by atoms with van der Waals surface area (Å²) >= 11 is 0. The van der Waals surface area contributed by atoms with Gasteiger partial charge >= 0.3 is 0 Å². The molecular weight excluding hydrogens is 216 g/mol. The predicted molar refractivity (Wildman–Crippen MR) is 66.6 cm³/mol. The van der Waals surface area contributed by atoms with Crippen LogP contribution in [0.1, 0.15) is 45.4 Å². The summed E-state index contributed by atoms with van der Waals surface area (Å²) in [6.45, 7) is 4.18. The molecule has 1 saturated carbocycles. The number of nitrogens with one attached hydrogen (secondary N) is 2. The van der Waals surface area contributed by atoms with Gasteiger partial charge in [0.05, 0.1) is 11.0 Å². The van der Waals surface area contributed by atoms with Gasteiger partial charge in [0.25, 0.3) is 0 Å². The number of carbonyl (C=O) groups is 1. The Labute approximate surface area is 103 Å². The molecule has 98 valence electrons. The molecule has 0 aromatic carbocycles. The molecule has 1 amide bonds. The molecule has 0 spiro atoms. The summed E-state index contributed by atoms with van der Waals surface area (Å²) < 4.78 is 0. The molecule has 1 aliphatic carbocycles. The molecule has 1 unspecified atom stereocenters. The lowest BCUT2D eigenvalue weighted by Gasteiger charge is -2.34. The number of hydrogen-bond donors (Lipinski definition) is 3. The molecule has 0 aromatic rings. The zero-order chi connectivity index (χ0) is 12.4. The molecule has 2 rings (SSSR count). The molecular formula is C13H24N2O2. The summed E-state index contributed by atoms with van der Waals surface area (Å²) in [7, 11) is 0. The number of piperidine rings is 1. The molecule has 1 atom stereocenters. The van der Waals surface area contributed by atoms with Gasteiger partial charge in [-0.15, -0.1) is 0 Å². The van der Waals surface area contributed by atoms with Gasteiger partial charge in [-0.1, -0.05) is 12.8 Å². The average molecular weight is 240 g/mol. The molecule has 3 N–H and O–H groups in total. The lowest BCUT2D eigenvalue weighted by Crippen LogP contribution is -2.51. The molecule has 1 heterocycles. The third kappa shape index (κ3) is 2.99. The highest BCUT2D eigenvalue weighted by Crippen LogP contribution is 2.30. The van der Waals surface area contributed by atoms with Crippen molar-refractivity contribution in [2.75, 3.05) is 19.6 Å². The Morgan fingerprint density at radius 2 is 2.00 bits per heavy atom. The van der Waals surface area contributed by atoms with E-state index in [1.54, 1.807) is 0 Å². The molecule has 2 aliphatic rings. The molecule has 17 heavy (non-hydrogen) atoms. The van der Waals surface area contributed by atoms with E-state index >= 15 is 0 Å². The predicted octanol–water partition coefficient (Wildman–Crippen LogP) is 0.797. The third-order valence-corrected chi connectivity index (χ3v) is 4.26. The van der Waals surface area contributed by atoms with Crippen LogP contribution < -0.4 is 10.6 Å². The lowest BCUT2D eigenvalue weighted by atomic mass is 9.81. The summed E-state index contributed by atoms with van der Waals surface area (Å²) in [4.78, 5) is 12.2. The first-order chi connectivity index (χ1) is 8.04. The van der Waals surface area contributed by atoms with Crippen LogP contribution in [0.25, 0.3) is 0 Å². The van der Waals surface area contributed by atoms with Crippen LogP contribution in [-0.4, -0.2) is 36.2 Å². The normalized spacial score (nSPS) is 32.4. The Bertz CT molecular complexity index is 279. The standard InChI is InChI=1S/C13H24N2O2/c1-12(5-4-8-14-9-12)11(16)15-10-13(17)6-2-3-7-13/h14,17H,2-10H2,1H3,(H,15,16). The van der Waals surface area contributed by atoms with E-state index in [1.165, 1.54) is 0 Å². The van der Waals surface area contributed by atoms with Crippen LogP contribution in [0.2, 0.25) is 0 Å². The maximum atomic E-state index is 12.2. The highest BCUT2D eigenvalue weighted by atomic mass is 16.3. The zero-order valence-corrected chi connectivity index (χ0v) is 10.7. The van der Waals surface area contributed by atoms with E-state index in [9.17, 15) is 9.90 Å². The van der Waals surface area contributed by atoms with Crippen molar-refractivity contribution in [1.82, 2.24) is 10.6 Å². The highest BCUT2D eigenvalue weighted by Gasteiger charge is 2.37. The monoisotopic (exact) mass is 240 g/mol. The largest absolute Gasteiger partial charge is 0.388 e. The van der Waals surface area contributed by atoms with Gasteiger partial charge in [0.15, 0.2) is 0 Å². The summed E-state index contributed by atoms with van der Waals surface area (Å²) in [5, 5.41) is 16.4. The SMILES string of the molecule is CC1(C(=O)NCC2(O)CCCC2)CCCNC1. The van der Waals surface area contributed by atoms with Crippen LogP contribution in [-0.2, 0) is 4.79 Å². The number of hydrogen-bond acceptors (Lipinski definition) is 3. The number of amides is 1. The minimum Gasteiger partial charge on any atom is -0.388 e. The van der Waals surface area contributed by atoms with Gasteiger partial charge in [0.1, 0.15) is 0 Å². The van der Waals surface area contributed by atoms with Gasteiger partial charge in [-0.3, -0.25) is 4.79 Å². The van der Waals surface area contributed by atoms with Gasteiger partial charge in [0, 0.05) is 13.1 Å². The fourth-order valence-electron chi connectivity index (χ4n) is 2.92. The Morgan fingerprint density at radius 3 is 2.59 bits per heavy atom. The maximum Gasteiger partial charge on any atom is 0.227 e. The van der Waals surface area contributed by atoms with Crippen LogP contribution in [0.15, 0.2) is 0 Å². The Kier molecular flexibility index (Phi) is 3.73. The van der Waals surface area contributed by atoms with E-state index in [0.717, 1.165) is 51.6 Å². The first-order valence-corrected chi connectivity index (χ1v) is 6.76. The molecule has 2 fully saturated rings. The number of rotatable bonds is 3. The summed E-state index contributed by atoms with van der Waals surface area (Å²) in [6, 6.07) is 0. The number of aliphatic hydroxyl groups is 1. The minimum atomic E-state index is -0.645. The van der Waals surface area contributed by atoms with Crippen molar-refractivity contribution >= 4 is 5.91 Å². The van der Waals surface area contributed by atoms with Gasteiger partial charge in [-0.05, 0) is 39.2 Å². The van der Waals surface area contributed by atoms with Crippen molar-refractivity contribution in [3.63, 3.8) is 0 Å². The van der Waals surface area contributed by atoms with E-state index in [0.29, 0.717) is 6.54 Å². The molecule has 4 heteroatoms. The van der Waals surface area contributed by atoms with Crippen molar-refractivity contribution in [1.29, 1.82) is 0 Å². The first kappa shape index (κ1) is 12.8. The summed E-state index contributed by atoms with van der Waals surface area (Å²) in [5.74, 6) is 0.0880. The Morgan fingerprint density at radius 1 is 1.29 bits per heavy atom. The number of carbonyl (C=O) groups excluding carboxylic acids is 1. The van der Waals surface area contributed by atoms with Crippen molar-refractivity contribution in [3.05, 3.63) is 0 Å². The van der Waals surface area contributed by atoms with Gasteiger partial charge in [-0.25, -0.2) is 0 Å². The second-order valence-electron chi connectivity index (χ2n) is 5.96. The fraction of sp³-hybridized carbons (Fsp3) is 0.923. The minimum absolute atomic E-state index is 0.0880. The van der Waals surface area contributed by atoms with Gasteiger partial charge in [0.2, 0.25) is 5.91 Å². The van der Waals surface area contributed by atoms with Gasteiger partial charge in [-0.2, -0.15) is 0 Å². The van der Waals surface area contributed by atoms with Gasteiger partial charge < -0.3 is 15.7 Å². The Balaban J connectivity index is 1.84. The summed E-state index contributed by atoms with van der Waals surface area (Å²) in [5.41, 5.74) is -0.943. The molecule has 1 saturated heterocycles. The van der Waals surface area contributed by atoms with E-state index in [4.69, 9.17) is 0 Å². The average Bonchev–Trinajstić information content (AvgIpc) is 2.75. The molecule has 4 nitrogen and oxygen atoms in total. The van der Waals surface area contributed by atoms with Crippen LogP contribution in [0.5, 0.6) is 0 Å². The van der Waals surface area contributed by atoms with E-state index in [1.807, 2.05) is 6.92 Å². The van der Waals surface area contributed by atoms with Crippen molar-refractivity contribution in [3.8, 4) is 0 Å². The lowest BCUT2D eigenvalue weighted by molar-refractivity contribution is -0.132. The van der Waals surface area contributed by atoms with Crippen LogP contribution in [0, 0.1) is 5.41 Å². The van der Waals surface area contributed by atoms with E-state index < -0.39 is 5.60 Å². The van der Waals surface area contributed by atoms with E-state index in [2.05, 4.69) is 10.6 Å². The maximum absolute atomic E-state index is 12.2. The van der Waals surface area contributed by atoms with Crippen LogP contribution >= 0.6 is 0 Å². The quantitative estimate of drug-likeness (QED) is 0.684. The first-order valence-electron chi connectivity index (χ1n) is 6.76. The fourth-order valence-corrected chi connectivity index (χ4v) is 2.92. The smallest absolute Gasteiger partial charge is 0.227 e. The topological polar surface area (TPSA) is 61.4 Å².